The van der Waals surface area contributed by atoms with Crippen LogP contribution in [0.25, 0.3) is 0 Å². The van der Waals surface area contributed by atoms with Gasteiger partial charge in [-0.15, -0.1) is 11.8 Å². The molecule has 1 saturated heterocycles. The molecule has 0 bridgehead atoms. The zero-order chi connectivity index (χ0) is 18.6. The summed E-state index contributed by atoms with van der Waals surface area (Å²) >= 11 is 7.11. The molecule has 2 aromatic rings. The molecular weight excluding hydrogens is 378 g/mol. The minimum Gasteiger partial charge on any atom is -0.323 e. The SMILES string of the molecule is C[C@@H]1S[C@@]2(C(=O)Nc3ccc([N+](=O)[O-])cc32)N(c2ccc(Cl)cc2)C1=O. The van der Waals surface area contributed by atoms with Gasteiger partial charge in [-0.2, -0.15) is 0 Å². The highest BCUT2D eigenvalue weighted by molar-refractivity contribution is 8.03. The van der Waals surface area contributed by atoms with Crippen molar-refractivity contribution in [2.24, 2.45) is 0 Å². The summed E-state index contributed by atoms with van der Waals surface area (Å²) in [5, 5.41) is 14.0. The summed E-state index contributed by atoms with van der Waals surface area (Å²) in [6.07, 6.45) is 0. The summed E-state index contributed by atoms with van der Waals surface area (Å²) in [6.45, 7) is 1.72. The maximum absolute atomic E-state index is 13.0. The second-order valence-electron chi connectivity index (χ2n) is 6.00. The molecule has 1 N–H and O–H groups in total. The molecule has 0 saturated carbocycles. The van der Waals surface area contributed by atoms with Gasteiger partial charge in [0, 0.05) is 34.1 Å². The second kappa shape index (κ2) is 5.72. The first-order chi connectivity index (χ1) is 12.3. The van der Waals surface area contributed by atoms with Crippen molar-refractivity contribution in [2.45, 2.75) is 17.0 Å². The third kappa shape index (κ3) is 2.22. The van der Waals surface area contributed by atoms with Gasteiger partial charge in [-0.3, -0.25) is 24.6 Å². The number of nitro groups is 1. The first-order valence-electron chi connectivity index (χ1n) is 7.72. The Morgan fingerprint density at radius 3 is 2.58 bits per heavy atom. The van der Waals surface area contributed by atoms with Crippen LogP contribution < -0.4 is 10.2 Å². The molecule has 2 amide bonds. The topological polar surface area (TPSA) is 92.5 Å². The van der Waals surface area contributed by atoms with Gasteiger partial charge in [0.05, 0.1) is 10.2 Å². The molecular formula is C17H12ClN3O4S. The molecule has 4 rings (SSSR count). The first-order valence-corrected chi connectivity index (χ1v) is 8.98. The Balaban J connectivity index is 1.95. The molecule has 2 aromatic carbocycles. The third-order valence-corrected chi connectivity index (χ3v) is 6.19. The van der Waals surface area contributed by atoms with Crippen LogP contribution in [0.2, 0.25) is 5.02 Å². The van der Waals surface area contributed by atoms with E-state index >= 15 is 0 Å². The van der Waals surface area contributed by atoms with Crippen molar-refractivity contribution >= 4 is 52.2 Å². The molecule has 7 nitrogen and oxygen atoms in total. The smallest absolute Gasteiger partial charge is 0.269 e. The number of nitrogens with one attached hydrogen (secondary N) is 1. The molecule has 0 aliphatic carbocycles. The minimum absolute atomic E-state index is 0.136. The van der Waals surface area contributed by atoms with Gasteiger partial charge < -0.3 is 5.32 Å². The van der Waals surface area contributed by atoms with Gasteiger partial charge in [-0.05, 0) is 37.3 Å². The largest absolute Gasteiger partial charge is 0.323 e. The molecule has 9 heteroatoms. The second-order valence-corrected chi connectivity index (χ2v) is 7.97. The average Bonchev–Trinajstić information content (AvgIpc) is 3.03. The lowest BCUT2D eigenvalue weighted by molar-refractivity contribution is -0.384. The summed E-state index contributed by atoms with van der Waals surface area (Å²) in [4.78, 5) is 36.5. The number of benzene rings is 2. The molecule has 0 aromatic heterocycles. The number of nitro benzene ring substituents is 1. The molecule has 132 valence electrons. The number of non-ortho nitro benzene ring substituents is 1. The minimum atomic E-state index is -1.38. The predicted octanol–water partition coefficient (Wildman–Crippen LogP) is 3.52. The normalized spacial score (nSPS) is 24.1. The van der Waals surface area contributed by atoms with E-state index in [1.54, 1.807) is 31.2 Å². The fourth-order valence-corrected chi connectivity index (χ4v) is 4.90. The van der Waals surface area contributed by atoms with Gasteiger partial charge in [0.25, 0.3) is 11.6 Å². The molecule has 1 spiro atoms. The van der Waals surface area contributed by atoms with Crippen molar-refractivity contribution in [2.75, 3.05) is 10.2 Å². The lowest BCUT2D eigenvalue weighted by Gasteiger charge is -2.32. The number of rotatable bonds is 2. The summed E-state index contributed by atoms with van der Waals surface area (Å²) in [5.41, 5.74) is 1.25. The average molecular weight is 390 g/mol. The van der Waals surface area contributed by atoms with E-state index in [9.17, 15) is 19.7 Å². The van der Waals surface area contributed by atoms with E-state index < -0.39 is 21.0 Å². The number of hydrogen-bond acceptors (Lipinski definition) is 5. The van der Waals surface area contributed by atoms with Crippen molar-refractivity contribution in [3.05, 3.63) is 63.2 Å². The van der Waals surface area contributed by atoms with Crippen LogP contribution in [0.1, 0.15) is 12.5 Å². The van der Waals surface area contributed by atoms with E-state index in [1.807, 2.05) is 0 Å². The predicted molar refractivity (Wildman–Crippen MR) is 99.4 cm³/mol. The zero-order valence-corrected chi connectivity index (χ0v) is 15.0. The highest BCUT2D eigenvalue weighted by Crippen LogP contribution is 2.56. The van der Waals surface area contributed by atoms with Crippen LogP contribution in [-0.2, 0) is 14.5 Å². The monoisotopic (exact) mass is 389 g/mol. The Morgan fingerprint density at radius 1 is 1.23 bits per heavy atom. The van der Waals surface area contributed by atoms with E-state index in [0.29, 0.717) is 22.0 Å². The molecule has 0 radical (unpaired) electrons. The van der Waals surface area contributed by atoms with Crippen LogP contribution in [0.15, 0.2) is 42.5 Å². The quantitative estimate of drug-likeness (QED) is 0.626. The van der Waals surface area contributed by atoms with Gasteiger partial charge >= 0.3 is 0 Å². The molecule has 2 heterocycles. The number of carbonyl (C=O) groups excluding carboxylic acids is 2. The summed E-state index contributed by atoms with van der Waals surface area (Å²) in [6, 6.07) is 10.8. The summed E-state index contributed by atoms with van der Waals surface area (Å²) in [7, 11) is 0. The number of thioether (sulfide) groups is 1. The van der Waals surface area contributed by atoms with E-state index in [0.717, 1.165) is 0 Å². The summed E-state index contributed by atoms with van der Waals surface area (Å²) in [5.74, 6) is -0.641. The van der Waals surface area contributed by atoms with E-state index in [2.05, 4.69) is 5.32 Å². The van der Waals surface area contributed by atoms with Crippen LogP contribution in [0.4, 0.5) is 17.1 Å². The number of carbonyl (C=O) groups is 2. The maximum Gasteiger partial charge on any atom is 0.269 e. The molecule has 0 unspecified atom stereocenters. The summed E-state index contributed by atoms with van der Waals surface area (Å²) < 4.78 is 0. The highest BCUT2D eigenvalue weighted by Gasteiger charge is 2.61. The van der Waals surface area contributed by atoms with Crippen molar-refractivity contribution < 1.29 is 14.5 Å². The van der Waals surface area contributed by atoms with Gasteiger partial charge in [0.2, 0.25) is 10.8 Å². The Hall–Kier alpha value is -2.58. The van der Waals surface area contributed by atoms with Crippen LogP contribution in [0.5, 0.6) is 0 Å². The molecule has 26 heavy (non-hydrogen) atoms. The molecule has 2 atom stereocenters. The standard InChI is InChI=1S/C17H12ClN3O4S/c1-9-15(22)20(11-4-2-10(18)3-5-11)17(26-9)13-8-12(21(24)25)6-7-14(13)19-16(17)23/h2-9H,1H3,(H,19,23)/t9-,17-/m0/s1. The van der Waals surface area contributed by atoms with Crippen molar-refractivity contribution in [1.82, 2.24) is 0 Å². The Kier molecular flexibility index (Phi) is 3.71. The van der Waals surface area contributed by atoms with E-state index in [4.69, 9.17) is 11.6 Å². The molecule has 2 aliphatic heterocycles. The van der Waals surface area contributed by atoms with E-state index in [1.165, 1.54) is 34.9 Å². The third-order valence-electron chi connectivity index (χ3n) is 4.45. The van der Waals surface area contributed by atoms with Crippen molar-refractivity contribution in [3.8, 4) is 0 Å². The number of fused-ring (bicyclic) bond motifs is 2. The van der Waals surface area contributed by atoms with Crippen LogP contribution in [-0.4, -0.2) is 22.0 Å². The zero-order valence-electron chi connectivity index (χ0n) is 13.4. The number of amides is 2. The fraction of sp³-hybridized carbons (Fsp3) is 0.176. The number of halogens is 1. The first kappa shape index (κ1) is 16.9. The Morgan fingerprint density at radius 2 is 1.92 bits per heavy atom. The van der Waals surface area contributed by atoms with Crippen LogP contribution >= 0.6 is 23.4 Å². The van der Waals surface area contributed by atoms with E-state index in [-0.39, 0.29) is 11.6 Å². The highest BCUT2D eigenvalue weighted by atomic mass is 35.5. The Bertz CT molecular complexity index is 965. The number of nitrogens with zero attached hydrogens (tertiary/aromatic N) is 2. The number of anilines is 2. The van der Waals surface area contributed by atoms with Crippen LogP contribution in [0.3, 0.4) is 0 Å². The molecule has 2 aliphatic rings. The van der Waals surface area contributed by atoms with Gasteiger partial charge in [0.1, 0.15) is 0 Å². The lowest BCUT2D eigenvalue weighted by Crippen LogP contribution is -2.47. The van der Waals surface area contributed by atoms with Gasteiger partial charge in [-0.25, -0.2) is 0 Å². The fourth-order valence-electron chi connectivity index (χ4n) is 3.30. The molecule has 1 fully saturated rings. The van der Waals surface area contributed by atoms with Crippen molar-refractivity contribution in [3.63, 3.8) is 0 Å². The van der Waals surface area contributed by atoms with Gasteiger partial charge in [0.15, 0.2) is 0 Å². The van der Waals surface area contributed by atoms with Crippen LogP contribution in [0, 0.1) is 10.1 Å². The Labute approximate surface area is 157 Å². The van der Waals surface area contributed by atoms with Gasteiger partial charge in [-0.1, -0.05) is 11.6 Å². The lowest BCUT2D eigenvalue weighted by atomic mass is 10.0. The number of hydrogen-bond donors (Lipinski definition) is 1. The maximum atomic E-state index is 13.0. The van der Waals surface area contributed by atoms with Crippen molar-refractivity contribution in [1.29, 1.82) is 0 Å².